The molecule has 0 unspecified atom stereocenters. The summed E-state index contributed by atoms with van der Waals surface area (Å²) in [6.07, 6.45) is 1.42. The predicted octanol–water partition coefficient (Wildman–Crippen LogP) is 2.91. The third-order valence-corrected chi connectivity index (χ3v) is 6.31. The molecule has 0 aliphatic rings. The van der Waals surface area contributed by atoms with Gasteiger partial charge in [0.1, 0.15) is 11.9 Å². The highest BCUT2D eigenvalue weighted by Crippen LogP contribution is 2.26. The van der Waals surface area contributed by atoms with Crippen molar-refractivity contribution in [3.8, 4) is 11.1 Å². The summed E-state index contributed by atoms with van der Waals surface area (Å²) in [7, 11) is 0. The summed E-state index contributed by atoms with van der Waals surface area (Å²) in [5.74, 6) is -2.59. The number of carbonyl (C=O) groups is 3. The molecule has 3 rings (SSSR count). The number of carboxylic acid groups (broad SMARTS) is 1. The number of nitrogens with zero attached hydrogens (tertiary/aromatic N) is 3. The van der Waals surface area contributed by atoms with Gasteiger partial charge in [-0.15, -0.1) is 0 Å². The van der Waals surface area contributed by atoms with Gasteiger partial charge in [0, 0.05) is 16.6 Å². The number of hydrogen-bond donors (Lipinski definition) is 4. The van der Waals surface area contributed by atoms with Crippen molar-refractivity contribution in [2.45, 2.75) is 38.8 Å². The molecule has 0 fully saturated rings. The number of nitrogens with one attached hydrogen (secondary N) is 3. The molecule has 1 heterocycles. The van der Waals surface area contributed by atoms with Crippen molar-refractivity contribution < 1.29 is 23.9 Å². The number of H-pyrrole nitrogens is 1. The molecule has 1 aromatic heterocycles. The van der Waals surface area contributed by atoms with E-state index in [9.17, 15) is 23.9 Å². The molecule has 4 N–H and O–H groups in total. The van der Waals surface area contributed by atoms with Crippen LogP contribution in [-0.4, -0.2) is 74.9 Å². The molecule has 0 spiro atoms. The zero-order valence-corrected chi connectivity index (χ0v) is 21.8. The molecule has 0 aliphatic carbocycles. The van der Waals surface area contributed by atoms with E-state index in [4.69, 9.17) is 11.6 Å². The largest absolute Gasteiger partial charge is 0.480 e. The summed E-state index contributed by atoms with van der Waals surface area (Å²) >= 11 is 6.01. The molecule has 0 saturated heterocycles. The van der Waals surface area contributed by atoms with Crippen LogP contribution in [0.4, 0.5) is 4.39 Å². The molecule has 3 aromatic rings. The van der Waals surface area contributed by atoms with Crippen LogP contribution in [0.3, 0.4) is 0 Å². The van der Waals surface area contributed by atoms with Gasteiger partial charge in [-0.25, -0.2) is 9.18 Å². The molecule has 0 radical (unpaired) electrons. The zero-order valence-electron chi connectivity index (χ0n) is 21.1. The van der Waals surface area contributed by atoms with Gasteiger partial charge >= 0.3 is 5.97 Å². The Balaban J connectivity index is 1.78. The standard InChI is InChI=1S/C26H30ClFN6O4/c1-3-34(4-2)15-24(35)31-22(26(37)38)13-19(30-25(36)23-14-29-33-32-23)11-16-5-7-17(8-6-16)20-12-18(27)9-10-21(20)28/h5-10,12,14,19,22H,3-4,11,13,15H2,1-2H3,(H,30,36)(H,31,35)(H,37,38)(H,29,32,33)/t19-,22-/m1/s1. The first-order valence-corrected chi connectivity index (χ1v) is 12.5. The van der Waals surface area contributed by atoms with Crippen LogP contribution in [0.2, 0.25) is 5.02 Å². The lowest BCUT2D eigenvalue weighted by molar-refractivity contribution is -0.142. The second kappa shape index (κ2) is 13.6. The SMILES string of the molecule is CCN(CC)CC(=O)N[C@H](C[C@@H](Cc1ccc(-c2cc(Cl)ccc2F)cc1)NC(=O)c1cn[nH]n1)C(=O)O. The maximum absolute atomic E-state index is 14.3. The van der Waals surface area contributed by atoms with Crippen molar-refractivity contribution in [1.82, 2.24) is 30.9 Å². The highest BCUT2D eigenvalue weighted by Gasteiger charge is 2.27. The number of halogens is 2. The summed E-state index contributed by atoms with van der Waals surface area (Å²) in [4.78, 5) is 39.0. The number of carbonyl (C=O) groups excluding carboxylic acids is 2. The van der Waals surface area contributed by atoms with E-state index in [2.05, 4.69) is 26.0 Å². The van der Waals surface area contributed by atoms with Crippen LogP contribution in [0.1, 0.15) is 36.3 Å². The maximum Gasteiger partial charge on any atom is 0.326 e. The van der Waals surface area contributed by atoms with E-state index >= 15 is 0 Å². The Hall–Kier alpha value is -3.83. The van der Waals surface area contributed by atoms with E-state index in [1.54, 1.807) is 24.3 Å². The lowest BCUT2D eigenvalue weighted by Gasteiger charge is -2.24. The van der Waals surface area contributed by atoms with Crippen molar-refractivity contribution >= 4 is 29.4 Å². The first kappa shape index (κ1) is 28.7. The van der Waals surface area contributed by atoms with Gasteiger partial charge in [0.25, 0.3) is 5.91 Å². The van der Waals surface area contributed by atoms with Gasteiger partial charge in [0.05, 0.1) is 12.7 Å². The van der Waals surface area contributed by atoms with Crippen molar-refractivity contribution in [1.29, 1.82) is 0 Å². The Bertz CT molecular complexity index is 1240. The maximum atomic E-state index is 14.3. The molecule has 38 heavy (non-hydrogen) atoms. The van der Waals surface area contributed by atoms with E-state index in [1.165, 1.54) is 24.4 Å². The van der Waals surface area contributed by atoms with Crippen LogP contribution in [0.5, 0.6) is 0 Å². The number of aliphatic carboxylic acids is 1. The Labute approximate surface area is 224 Å². The van der Waals surface area contributed by atoms with E-state index in [0.717, 1.165) is 5.56 Å². The average Bonchev–Trinajstić information content (AvgIpc) is 3.44. The predicted molar refractivity (Wildman–Crippen MR) is 140 cm³/mol. The fourth-order valence-electron chi connectivity index (χ4n) is 3.98. The minimum Gasteiger partial charge on any atom is -0.480 e. The number of rotatable bonds is 13. The highest BCUT2D eigenvalue weighted by molar-refractivity contribution is 6.30. The summed E-state index contributed by atoms with van der Waals surface area (Å²) < 4.78 is 14.3. The molecule has 2 aromatic carbocycles. The summed E-state index contributed by atoms with van der Waals surface area (Å²) in [6.45, 7) is 5.18. The molecule has 2 amide bonds. The molecular weight excluding hydrogens is 515 g/mol. The Morgan fingerprint density at radius 1 is 1.11 bits per heavy atom. The quantitative estimate of drug-likeness (QED) is 0.259. The molecule has 0 aliphatic heterocycles. The molecule has 12 heteroatoms. The van der Waals surface area contributed by atoms with E-state index < -0.39 is 35.7 Å². The Morgan fingerprint density at radius 2 is 1.82 bits per heavy atom. The lowest BCUT2D eigenvalue weighted by atomic mass is 9.96. The normalized spacial score (nSPS) is 12.7. The van der Waals surface area contributed by atoms with Crippen molar-refractivity contribution in [2.24, 2.45) is 0 Å². The zero-order chi connectivity index (χ0) is 27.7. The van der Waals surface area contributed by atoms with Gasteiger partial charge in [-0.3, -0.25) is 14.5 Å². The molecule has 0 bridgehead atoms. The second-order valence-electron chi connectivity index (χ2n) is 8.71. The lowest BCUT2D eigenvalue weighted by Crippen LogP contribution is -2.49. The van der Waals surface area contributed by atoms with Gasteiger partial charge in [0.2, 0.25) is 5.91 Å². The molecule has 2 atom stereocenters. The van der Waals surface area contributed by atoms with E-state index in [-0.39, 0.29) is 25.1 Å². The highest BCUT2D eigenvalue weighted by atomic mass is 35.5. The fraction of sp³-hybridized carbons (Fsp3) is 0.346. The van der Waals surface area contributed by atoms with Crippen LogP contribution < -0.4 is 10.6 Å². The molecule has 202 valence electrons. The number of aromatic nitrogens is 3. The van der Waals surface area contributed by atoms with Gasteiger partial charge in [0.15, 0.2) is 5.69 Å². The molecule has 0 saturated carbocycles. The number of likely N-dealkylation sites (N-methyl/N-ethyl adjacent to an activating group) is 1. The van der Waals surface area contributed by atoms with Crippen molar-refractivity contribution in [3.63, 3.8) is 0 Å². The fourth-order valence-corrected chi connectivity index (χ4v) is 4.16. The van der Waals surface area contributed by atoms with E-state index in [0.29, 0.717) is 29.2 Å². The van der Waals surface area contributed by atoms with Crippen molar-refractivity contribution in [3.05, 3.63) is 70.8 Å². The Kier molecular flexibility index (Phi) is 10.3. The van der Waals surface area contributed by atoms with Gasteiger partial charge in [-0.2, -0.15) is 15.4 Å². The summed E-state index contributed by atoms with van der Waals surface area (Å²) in [5.41, 5.74) is 1.77. The monoisotopic (exact) mass is 544 g/mol. The van der Waals surface area contributed by atoms with Crippen LogP contribution in [-0.2, 0) is 16.0 Å². The van der Waals surface area contributed by atoms with Gasteiger partial charge in [-0.05, 0) is 55.3 Å². The smallest absolute Gasteiger partial charge is 0.326 e. The van der Waals surface area contributed by atoms with E-state index in [1.807, 2.05) is 18.7 Å². The summed E-state index contributed by atoms with van der Waals surface area (Å²) in [6, 6.07) is 9.36. The van der Waals surface area contributed by atoms with Gasteiger partial charge in [-0.1, -0.05) is 49.7 Å². The number of benzene rings is 2. The third kappa shape index (κ3) is 8.09. The number of carboxylic acids is 1. The topological polar surface area (TPSA) is 140 Å². The van der Waals surface area contributed by atoms with Crippen LogP contribution >= 0.6 is 11.6 Å². The minimum atomic E-state index is -1.24. The van der Waals surface area contributed by atoms with Crippen LogP contribution in [0.25, 0.3) is 11.1 Å². The van der Waals surface area contributed by atoms with Crippen molar-refractivity contribution in [2.75, 3.05) is 19.6 Å². The first-order chi connectivity index (χ1) is 18.2. The minimum absolute atomic E-state index is 0.0409. The summed E-state index contributed by atoms with van der Waals surface area (Å²) in [5, 5.41) is 25.3. The second-order valence-corrected chi connectivity index (χ2v) is 9.14. The third-order valence-electron chi connectivity index (χ3n) is 6.07. The molecular formula is C26H30ClFN6O4. The van der Waals surface area contributed by atoms with Crippen LogP contribution in [0, 0.1) is 5.82 Å². The first-order valence-electron chi connectivity index (χ1n) is 12.2. The Morgan fingerprint density at radius 3 is 2.42 bits per heavy atom. The molecule has 10 nitrogen and oxygen atoms in total. The number of amides is 2. The number of aromatic amines is 1. The van der Waals surface area contributed by atoms with Gasteiger partial charge < -0.3 is 15.7 Å². The number of hydrogen-bond acceptors (Lipinski definition) is 6. The van der Waals surface area contributed by atoms with Crippen LogP contribution in [0.15, 0.2) is 48.7 Å². The average molecular weight is 545 g/mol.